The van der Waals surface area contributed by atoms with Gasteiger partial charge in [0.25, 0.3) is 5.91 Å². The summed E-state index contributed by atoms with van der Waals surface area (Å²) in [7, 11) is 0. The predicted molar refractivity (Wildman–Crippen MR) is 124 cm³/mol. The van der Waals surface area contributed by atoms with E-state index in [0.29, 0.717) is 39.5 Å². The average Bonchev–Trinajstić information content (AvgIpc) is 2.79. The smallest absolute Gasteiger partial charge is 0.255 e. The van der Waals surface area contributed by atoms with E-state index in [2.05, 4.69) is 36.5 Å². The predicted octanol–water partition coefficient (Wildman–Crippen LogP) is 3.96. The summed E-state index contributed by atoms with van der Waals surface area (Å²) < 4.78 is 34.0. The molecule has 1 heterocycles. The molecule has 2 aromatic carbocycles. The van der Waals surface area contributed by atoms with E-state index in [4.69, 9.17) is 9.84 Å². The SMILES string of the molecule is CCOc1cc(-c2cc(NCCc3c(F)cc(Br)cc3F)ncn2)ccc1C(=O)NCCO. The molecule has 0 saturated carbocycles. The van der Waals surface area contributed by atoms with Crippen molar-refractivity contribution in [1.82, 2.24) is 15.3 Å². The number of nitrogens with zero attached hydrogens (tertiary/aromatic N) is 2. The van der Waals surface area contributed by atoms with E-state index in [9.17, 15) is 13.6 Å². The molecule has 174 valence electrons. The number of carbonyl (C=O) groups excluding carboxylic acids is 1. The van der Waals surface area contributed by atoms with Crippen LogP contribution < -0.4 is 15.4 Å². The Balaban J connectivity index is 1.74. The second kappa shape index (κ2) is 11.7. The van der Waals surface area contributed by atoms with Crippen LogP contribution in [0.15, 0.2) is 47.2 Å². The first-order valence-corrected chi connectivity index (χ1v) is 11.1. The highest BCUT2D eigenvalue weighted by molar-refractivity contribution is 9.10. The number of hydrogen-bond acceptors (Lipinski definition) is 6. The van der Waals surface area contributed by atoms with Gasteiger partial charge < -0.3 is 20.5 Å². The van der Waals surface area contributed by atoms with Crippen LogP contribution in [-0.2, 0) is 6.42 Å². The van der Waals surface area contributed by atoms with Crippen molar-refractivity contribution < 1.29 is 23.4 Å². The summed E-state index contributed by atoms with van der Waals surface area (Å²) in [6.45, 7) is 2.42. The Bertz CT molecular complexity index is 1110. The van der Waals surface area contributed by atoms with Gasteiger partial charge in [-0.25, -0.2) is 18.7 Å². The number of ether oxygens (including phenoxy) is 1. The summed E-state index contributed by atoms with van der Waals surface area (Å²) in [6, 6.07) is 9.22. The van der Waals surface area contributed by atoms with Gasteiger partial charge in [-0.3, -0.25) is 4.79 Å². The number of hydrogen-bond donors (Lipinski definition) is 3. The first-order valence-electron chi connectivity index (χ1n) is 10.3. The fraction of sp³-hybridized carbons (Fsp3) is 0.261. The van der Waals surface area contributed by atoms with Crippen LogP contribution >= 0.6 is 15.9 Å². The summed E-state index contributed by atoms with van der Waals surface area (Å²) in [6.07, 6.45) is 1.51. The van der Waals surface area contributed by atoms with Crippen LogP contribution in [0.5, 0.6) is 5.75 Å². The van der Waals surface area contributed by atoms with Crippen LogP contribution in [-0.4, -0.2) is 47.3 Å². The highest BCUT2D eigenvalue weighted by Gasteiger charge is 2.15. The number of aliphatic hydroxyl groups is 1. The summed E-state index contributed by atoms with van der Waals surface area (Å²) in [5.41, 5.74) is 1.63. The van der Waals surface area contributed by atoms with E-state index in [1.807, 2.05) is 6.92 Å². The van der Waals surface area contributed by atoms with E-state index < -0.39 is 11.6 Å². The Morgan fingerprint density at radius 3 is 2.58 bits per heavy atom. The highest BCUT2D eigenvalue weighted by Crippen LogP contribution is 2.27. The average molecular weight is 521 g/mol. The number of rotatable bonds is 10. The highest BCUT2D eigenvalue weighted by atomic mass is 79.9. The van der Waals surface area contributed by atoms with Crippen molar-refractivity contribution in [3.05, 3.63) is 70.0 Å². The van der Waals surface area contributed by atoms with Crippen LogP contribution in [0, 0.1) is 11.6 Å². The fourth-order valence-electron chi connectivity index (χ4n) is 3.15. The number of benzene rings is 2. The molecule has 0 aliphatic carbocycles. The van der Waals surface area contributed by atoms with Crippen molar-refractivity contribution in [1.29, 1.82) is 0 Å². The minimum absolute atomic E-state index is 0.00333. The van der Waals surface area contributed by atoms with Crippen molar-refractivity contribution in [2.45, 2.75) is 13.3 Å². The van der Waals surface area contributed by atoms with Crippen molar-refractivity contribution in [2.24, 2.45) is 0 Å². The van der Waals surface area contributed by atoms with Gasteiger partial charge in [-0.15, -0.1) is 0 Å². The maximum absolute atomic E-state index is 14.0. The van der Waals surface area contributed by atoms with Gasteiger partial charge in [-0.1, -0.05) is 22.0 Å². The first kappa shape index (κ1) is 24.5. The lowest BCUT2D eigenvalue weighted by molar-refractivity contribution is 0.0941. The molecule has 0 spiro atoms. The lowest BCUT2D eigenvalue weighted by atomic mass is 10.1. The summed E-state index contributed by atoms with van der Waals surface area (Å²) in [5, 5.41) is 14.6. The molecule has 7 nitrogen and oxygen atoms in total. The second-order valence-electron chi connectivity index (χ2n) is 6.94. The van der Waals surface area contributed by atoms with E-state index >= 15 is 0 Å². The van der Waals surface area contributed by atoms with Crippen LogP contribution in [0.3, 0.4) is 0 Å². The molecule has 0 aliphatic rings. The van der Waals surface area contributed by atoms with E-state index in [1.54, 1.807) is 24.3 Å². The number of carbonyl (C=O) groups is 1. The molecule has 0 saturated heterocycles. The van der Waals surface area contributed by atoms with Gasteiger partial charge in [0.05, 0.1) is 24.5 Å². The number of aliphatic hydroxyl groups excluding tert-OH is 1. The molecule has 1 aromatic heterocycles. The van der Waals surface area contributed by atoms with Gasteiger partial charge in [0.1, 0.15) is 29.5 Å². The van der Waals surface area contributed by atoms with Gasteiger partial charge >= 0.3 is 0 Å². The maximum Gasteiger partial charge on any atom is 0.255 e. The molecule has 33 heavy (non-hydrogen) atoms. The van der Waals surface area contributed by atoms with Gasteiger partial charge in [-0.2, -0.15) is 0 Å². The molecule has 0 radical (unpaired) electrons. The molecule has 0 fully saturated rings. The molecule has 3 aromatic rings. The number of amides is 1. The molecule has 0 aliphatic heterocycles. The zero-order valence-corrected chi connectivity index (χ0v) is 19.5. The fourth-order valence-corrected chi connectivity index (χ4v) is 3.55. The summed E-state index contributed by atoms with van der Waals surface area (Å²) in [5.74, 6) is -0.700. The Labute approximate surface area is 198 Å². The zero-order valence-electron chi connectivity index (χ0n) is 17.9. The largest absolute Gasteiger partial charge is 0.493 e. The lowest BCUT2D eigenvalue weighted by Crippen LogP contribution is -2.26. The number of anilines is 1. The van der Waals surface area contributed by atoms with Crippen LogP contribution in [0.2, 0.25) is 0 Å². The third-order valence-corrected chi connectivity index (χ3v) is 5.13. The monoisotopic (exact) mass is 520 g/mol. The Morgan fingerprint density at radius 2 is 1.88 bits per heavy atom. The molecule has 10 heteroatoms. The summed E-state index contributed by atoms with van der Waals surface area (Å²) >= 11 is 3.07. The molecule has 3 N–H and O–H groups in total. The molecular weight excluding hydrogens is 498 g/mol. The molecule has 0 atom stereocenters. The van der Waals surface area contributed by atoms with Crippen LogP contribution in [0.4, 0.5) is 14.6 Å². The molecular formula is C23H23BrF2N4O3. The van der Waals surface area contributed by atoms with E-state index in [0.717, 1.165) is 0 Å². The van der Waals surface area contributed by atoms with E-state index in [-0.39, 0.29) is 37.6 Å². The minimum atomic E-state index is -0.612. The topological polar surface area (TPSA) is 96.4 Å². The number of nitrogens with one attached hydrogen (secondary N) is 2. The second-order valence-corrected chi connectivity index (χ2v) is 7.85. The lowest BCUT2D eigenvalue weighted by Gasteiger charge is -2.13. The Hall–Kier alpha value is -3.11. The minimum Gasteiger partial charge on any atom is -0.493 e. The van der Waals surface area contributed by atoms with Gasteiger partial charge in [-0.05, 0) is 37.6 Å². The standard InChI is InChI=1S/C23H23BrF2N4O3/c1-2-33-21-9-14(3-4-17(21)23(32)28-7-8-31)20-12-22(30-13-29-20)27-6-5-16-18(25)10-15(24)11-19(16)26/h3-4,9-13,31H,2,5-8H2,1H3,(H,28,32)(H,27,29,30). The molecule has 3 rings (SSSR count). The van der Waals surface area contributed by atoms with E-state index in [1.165, 1.54) is 18.5 Å². The third kappa shape index (κ3) is 6.45. The Morgan fingerprint density at radius 1 is 1.12 bits per heavy atom. The zero-order chi connectivity index (χ0) is 23.8. The van der Waals surface area contributed by atoms with Gasteiger partial charge in [0.15, 0.2) is 0 Å². The van der Waals surface area contributed by atoms with Crippen molar-refractivity contribution in [3.63, 3.8) is 0 Å². The molecule has 0 bridgehead atoms. The van der Waals surface area contributed by atoms with Crippen LogP contribution in [0.1, 0.15) is 22.8 Å². The van der Waals surface area contributed by atoms with Gasteiger partial charge in [0, 0.05) is 34.8 Å². The normalized spacial score (nSPS) is 10.7. The number of halogens is 3. The Kier molecular flexibility index (Phi) is 8.67. The first-order chi connectivity index (χ1) is 15.9. The molecule has 1 amide bonds. The molecule has 0 unspecified atom stereocenters. The number of aromatic nitrogens is 2. The maximum atomic E-state index is 14.0. The van der Waals surface area contributed by atoms with Crippen molar-refractivity contribution in [2.75, 3.05) is 31.6 Å². The van der Waals surface area contributed by atoms with Crippen molar-refractivity contribution in [3.8, 4) is 17.0 Å². The van der Waals surface area contributed by atoms with Crippen molar-refractivity contribution >= 4 is 27.7 Å². The summed E-state index contributed by atoms with van der Waals surface area (Å²) in [4.78, 5) is 20.7. The third-order valence-electron chi connectivity index (χ3n) is 4.67. The van der Waals surface area contributed by atoms with Gasteiger partial charge in [0.2, 0.25) is 0 Å². The van der Waals surface area contributed by atoms with Crippen LogP contribution in [0.25, 0.3) is 11.3 Å². The quantitative estimate of drug-likeness (QED) is 0.374.